The number of amides is 3. The molecule has 0 spiro atoms. The molecule has 0 heterocycles. The number of hydrogen-bond donors (Lipinski definition) is 4. The first-order chi connectivity index (χ1) is 27.3. The Morgan fingerprint density at radius 3 is 1.91 bits per heavy atom. The largest absolute Gasteiger partial charge is 0.460 e. The maximum atomic E-state index is 13.7. The van der Waals surface area contributed by atoms with E-state index in [1.165, 1.54) is 7.05 Å². The standard InChI is InChI=1S/C44H50N4O9/c1-44(2,3)57-40(51)24-36(47-43(54)56-28-35-33-21-13-11-19-31(33)32-20-12-14-22-34(32)35)41(52)48(4)26-39(50)45-25-38(49)46-37(23-29-15-7-5-8-16-29)42(53)55-27-30-17-9-6-10-18-30/h5-22,35-37,43,47,54H,23-28H2,1-4H3,(H,45,50)(H,46,49)/t36-,37-,43?/m0/s1. The van der Waals surface area contributed by atoms with Gasteiger partial charge in [-0.1, -0.05) is 109 Å². The monoisotopic (exact) mass is 778 g/mol. The van der Waals surface area contributed by atoms with Crippen LogP contribution in [0.15, 0.2) is 109 Å². The van der Waals surface area contributed by atoms with Crippen LogP contribution in [0, 0.1) is 0 Å². The molecule has 13 heteroatoms. The minimum atomic E-state index is -1.66. The summed E-state index contributed by atoms with van der Waals surface area (Å²) in [5, 5.41) is 18.8. The summed E-state index contributed by atoms with van der Waals surface area (Å²) in [5.74, 6) is -3.55. The molecular formula is C44H50N4O9. The van der Waals surface area contributed by atoms with Crippen LogP contribution >= 0.6 is 0 Å². The van der Waals surface area contributed by atoms with Crippen LogP contribution in [0.1, 0.15) is 55.4 Å². The molecule has 5 rings (SSSR count). The number of benzene rings is 4. The zero-order valence-corrected chi connectivity index (χ0v) is 32.6. The number of ether oxygens (including phenoxy) is 3. The van der Waals surface area contributed by atoms with Crippen molar-refractivity contribution in [3.05, 3.63) is 131 Å². The summed E-state index contributed by atoms with van der Waals surface area (Å²) < 4.78 is 16.7. The zero-order valence-electron chi connectivity index (χ0n) is 32.6. The average molecular weight is 779 g/mol. The van der Waals surface area contributed by atoms with Crippen molar-refractivity contribution in [2.24, 2.45) is 0 Å². The Bertz CT molecular complexity index is 1960. The number of carbonyl (C=O) groups is 5. The Kier molecular flexibility index (Phi) is 14.7. The smallest absolute Gasteiger partial charge is 0.329 e. The van der Waals surface area contributed by atoms with Crippen LogP contribution in [0.25, 0.3) is 11.1 Å². The summed E-state index contributed by atoms with van der Waals surface area (Å²) in [6.45, 7) is 4.19. The second-order valence-corrected chi connectivity index (χ2v) is 14.8. The average Bonchev–Trinajstić information content (AvgIpc) is 3.51. The predicted molar refractivity (Wildman–Crippen MR) is 212 cm³/mol. The van der Waals surface area contributed by atoms with Gasteiger partial charge in [0.1, 0.15) is 24.3 Å². The Labute approximate surface area is 332 Å². The molecule has 13 nitrogen and oxygen atoms in total. The van der Waals surface area contributed by atoms with Crippen LogP contribution in [0.4, 0.5) is 0 Å². The Hall–Kier alpha value is -5.89. The molecule has 300 valence electrons. The second kappa shape index (κ2) is 19.8. The van der Waals surface area contributed by atoms with Crippen molar-refractivity contribution in [3.63, 3.8) is 0 Å². The lowest BCUT2D eigenvalue weighted by atomic mass is 9.98. The van der Waals surface area contributed by atoms with E-state index in [0.29, 0.717) is 0 Å². The molecule has 3 atom stereocenters. The van der Waals surface area contributed by atoms with E-state index in [4.69, 9.17) is 14.2 Å². The fourth-order valence-electron chi connectivity index (χ4n) is 6.53. The Balaban J connectivity index is 1.16. The van der Waals surface area contributed by atoms with Crippen LogP contribution in [-0.4, -0.2) is 90.5 Å². The number of aliphatic hydroxyl groups is 1. The molecule has 3 amide bonds. The molecule has 0 aliphatic heterocycles. The number of aliphatic hydroxyl groups excluding tert-OH is 1. The molecule has 0 saturated heterocycles. The number of fused-ring (bicyclic) bond motifs is 3. The van der Waals surface area contributed by atoms with Gasteiger partial charge in [-0.15, -0.1) is 0 Å². The van der Waals surface area contributed by atoms with Crippen LogP contribution < -0.4 is 16.0 Å². The zero-order chi connectivity index (χ0) is 41.0. The summed E-state index contributed by atoms with van der Waals surface area (Å²) in [5.41, 5.74) is 4.98. The second-order valence-electron chi connectivity index (χ2n) is 14.8. The van der Waals surface area contributed by atoms with Gasteiger partial charge in [0.15, 0.2) is 0 Å². The summed E-state index contributed by atoms with van der Waals surface area (Å²) in [6.07, 6.45) is -1.97. The van der Waals surface area contributed by atoms with Gasteiger partial charge in [-0.3, -0.25) is 24.5 Å². The highest BCUT2D eigenvalue weighted by molar-refractivity contribution is 5.92. The molecule has 1 unspecified atom stereocenters. The minimum absolute atomic E-state index is 0.0223. The number of likely N-dealkylation sites (N-methyl/N-ethyl adjacent to an activating group) is 1. The molecule has 0 bridgehead atoms. The fraction of sp³-hybridized carbons (Fsp3) is 0.341. The van der Waals surface area contributed by atoms with Crippen LogP contribution in [0.2, 0.25) is 0 Å². The number of nitrogens with zero attached hydrogens (tertiary/aromatic N) is 1. The van der Waals surface area contributed by atoms with Gasteiger partial charge in [0.25, 0.3) is 0 Å². The molecule has 0 radical (unpaired) electrons. The Morgan fingerprint density at radius 1 is 0.754 bits per heavy atom. The van der Waals surface area contributed by atoms with Crippen molar-refractivity contribution in [3.8, 4) is 11.1 Å². The van der Waals surface area contributed by atoms with Crippen LogP contribution in [0.5, 0.6) is 0 Å². The fourth-order valence-corrected chi connectivity index (χ4v) is 6.53. The van der Waals surface area contributed by atoms with Gasteiger partial charge in [0.05, 0.1) is 26.1 Å². The molecule has 0 aromatic heterocycles. The Morgan fingerprint density at radius 2 is 1.32 bits per heavy atom. The van der Waals surface area contributed by atoms with Crippen molar-refractivity contribution in [2.45, 2.75) is 70.2 Å². The van der Waals surface area contributed by atoms with E-state index < -0.39 is 73.3 Å². The molecule has 1 aliphatic rings. The molecule has 0 saturated carbocycles. The van der Waals surface area contributed by atoms with E-state index in [2.05, 4.69) is 16.0 Å². The lowest BCUT2D eigenvalue weighted by Crippen LogP contribution is -2.53. The minimum Gasteiger partial charge on any atom is -0.460 e. The van der Waals surface area contributed by atoms with E-state index >= 15 is 0 Å². The highest BCUT2D eigenvalue weighted by Gasteiger charge is 2.33. The summed E-state index contributed by atoms with van der Waals surface area (Å²) in [7, 11) is 1.35. The normalized spacial score (nSPS) is 13.6. The third kappa shape index (κ3) is 12.6. The third-order valence-corrected chi connectivity index (χ3v) is 9.15. The topological polar surface area (TPSA) is 173 Å². The van der Waals surface area contributed by atoms with Gasteiger partial charge in [0, 0.05) is 19.4 Å². The summed E-state index contributed by atoms with van der Waals surface area (Å²) in [6, 6.07) is 31.8. The molecule has 4 aromatic carbocycles. The molecule has 1 aliphatic carbocycles. The molecule has 0 fully saturated rings. The number of esters is 2. The first-order valence-corrected chi connectivity index (χ1v) is 18.8. The maximum Gasteiger partial charge on any atom is 0.329 e. The predicted octanol–water partition coefficient (Wildman–Crippen LogP) is 3.83. The van der Waals surface area contributed by atoms with Gasteiger partial charge in [-0.25, -0.2) is 4.79 Å². The van der Waals surface area contributed by atoms with Crippen LogP contribution in [-0.2, 0) is 51.2 Å². The van der Waals surface area contributed by atoms with Gasteiger partial charge in [-0.2, -0.15) is 0 Å². The lowest BCUT2D eigenvalue weighted by molar-refractivity contribution is -0.161. The van der Waals surface area contributed by atoms with E-state index in [1.807, 2.05) is 109 Å². The number of rotatable bonds is 18. The van der Waals surface area contributed by atoms with E-state index in [9.17, 15) is 29.1 Å². The van der Waals surface area contributed by atoms with E-state index in [1.54, 1.807) is 20.8 Å². The van der Waals surface area contributed by atoms with Gasteiger partial charge in [0.2, 0.25) is 24.1 Å². The van der Waals surface area contributed by atoms with Gasteiger partial charge < -0.3 is 34.9 Å². The molecule has 4 N–H and O–H groups in total. The highest BCUT2D eigenvalue weighted by Crippen LogP contribution is 2.44. The highest BCUT2D eigenvalue weighted by atomic mass is 16.6. The van der Waals surface area contributed by atoms with E-state index in [-0.39, 0.29) is 25.6 Å². The quantitative estimate of drug-likeness (QED) is 0.0860. The number of nitrogens with one attached hydrogen (secondary N) is 3. The summed E-state index contributed by atoms with van der Waals surface area (Å²) >= 11 is 0. The molecular weight excluding hydrogens is 729 g/mol. The van der Waals surface area contributed by atoms with Crippen LogP contribution in [0.3, 0.4) is 0 Å². The van der Waals surface area contributed by atoms with Crippen molar-refractivity contribution in [2.75, 3.05) is 26.7 Å². The maximum absolute atomic E-state index is 13.7. The number of hydrogen-bond acceptors (Lipinski definition) is 10. The first kappa shape index (κ1) is 42.3. The van der Waals surface area contributed by atoms with Gasteiger partial charge >= 0.3 is 11.9 Å². The van der Waals surface area contributed by atoms with Crippen molar-refractivity contribution in [1.82, 2.24) is 20.9 Å². The van der Waals surface area contributed by atoms with Crippen molar-refractivity contribution >= 4 is 29.7 Å². The SMILES string of the molecule is CN(CC(=O)NCC(=O)N[C@@H](Cc1ccccc1)C(=O)OCc1ccccc1)C(=O)[C@H](CC(=O)OC(C)(C)C)NC(O)OCC1c2ccccc2-c2ccccc21. The molecule has 57 heavy (non-hydrogen) atoms. The van der Waals surface area contributed by atoms with Crippen molar-refractivity contribution in [1.29, 1.82) is 0 Å². The van der Waals surface area contributed by atoms with Gasteiger partial charge in [-0.05, 0) is 54.2 Å². The lowest BCUT2D eigenvalue weighted by Gasteiger charge is -2.28. The first-order valence-electron chi connectivity index (χ1n) is 18.8. The number of carbonyl (C=O) groups excluding carboxylic acids is 5. The van der Waals surface area contributed by atoms with E-state index in [0.717, 1.165) is 38.3 Å². The third-order valence-electron chi connectivity index (χ3n) is 9.15. The molecule has 4 aromatic rings. The summed E-state index contributed by atoms with van der Waals surface area (Å²) in [4.78, 5) is 66.7. The van der Waals surface area contributed by atoms with Crippen molar-refractivity contribution < 1.29 is 43.3 Å².